The molecule has 1 N–H and O–H groups in total. The van der Waals surface area contributed by atoms with Crippen LogP contribution in [-0.4, -0.2) is 33.3 Å². The molecule has 0 heterocycles. The van der Waals surface area contributed by atoms with E-state index in [-0.39, 0.29) is 30.3 Å². The zero-order valence-corrected chi connectivity index (χ0v) is 16.4. The number of nitrogens with one attached hydrogen (secondary N) is 1. The van der Waals surface area contributed by atoms with Crippen LogP contribution in [0.5, 0.6) is 0 Å². The molecule has 0 aromatic heterocycles. The molecule has 0 atom stereocenters. The van der Waals surface area contributed by atoms with Gasteiger partial charge in [-0.1, -0.05) is 24.3 Å². The van der Waals surface area contributed by atoms with Crippen LogP contribution in [0, 0.1) is 20.8 Å². The zero-order chi connectivity index (χ0) is 20.0. The molecular weight excluding hydrogens is 366 g/mol. The summed E-state index contributed by atoms with van der Waals surface area (Å²) in [6.45, 7) is 5.24. The van der Waals surface area contributed by atoms with Crippen LogP contribution < -0.4 is 4.72 Å². The van der Waals surface area contributed by atoms with Gasteiger partial charge in [-0.15, -0.1) is 0 Å². The minimum Gasteiger partial charge on any atom is -0.457 e. The first-order chi connectivity index (χ1) is 12.7. The lowest BCUT2D eigenvalue weighted by Gasteiger charge is -2.10. The maximum absolute atomic E-state index is 12.3. The molecule has 6 nitrogen and oxygen atoms in total. The molecule has 0 aliphatic rings. The van der Waals surface area contributed by atoms with Crippen LogP contribution in [0.3, 0.4) is 0 Å². The molecule has 2 rings (SSSR count). The summed E-state index contributed by atoms with van der Waals surface area (Å²) in [6, 6.07) is 11.6. The second kappa shape index (κ2) is 8.92. The molecule has 0 aliphatic heterocycles. The molecule has 0 bridgehead atoms. The smallest absolute Gasteiger partial charge is 0.307 e. The molecule has 0 unspecified atom stereocenters. The maximum atomic E-state index is 12.3. The number of benzene rings is 2. The number of ketones is 1. The lowest BCUT2D eigenvalue weighted by Crippen LogP contribution is -2.27. The Morgan fingerprint density at radius 1 is 0.963 bits per heavy atom. The minimum atomic E-state index is -3.67. The lowest BCUT2D eigenvalue weighted by atomic mass is 9.98. The topological polar surface area (TPSA) is 89.5 Å². The highest BCUT2D eigenvalue weighted by molar-refractivity contribution is 7.89. The third-order valence-corrected chi connectivity index (χ3v) is 5.66. The molecule has 27 heavy (non-hydrogen) atoms. The van der Waals surface area contributed by atoms with Crippen molar-refractivity contribution in [1.82, 2.24) is 4.72 Å². The summed E-state index contributed by atoms with van der Waals surface area (Å²) in [5.41, 5.74) is 3.43. The van der Waals surface area contributed by atoms with Crippen molar-refractivity contribution in [3.63, 3.8) is 0 Å². The summed E-state index contributed by atoms with van der Waals surface area (Å²) >= 11 is 0. The molecule has 0 saturated carbocycles. The van der Waals surface area contributed by atoms with Gasteiger partial charge in [0.2, 0.25) is 15.8 Å². The van der Waals surface area contributed by atoms with Gasteiger partial charge in [0.15, 0.2) is 6.61 Å². The van der Waals surface area contributed by atoms with Gasteiger partial charge in [-0.3, -0.25) is 9.59 Å². The van der Waals surface area contributed by atoms with E-state index in [0.717, 1.165) is 16.7 Å². The number of Topliss-reactive ketones (excluding diaryl/α,β-unsaturated/α-hetero) is 1. The number of hydrogen-bond donors (Lipinski definition) is 1. The van der Waals surface area contributed by atoms with Gasteiger partial charge in [0.1, 0.15) is 0 Å². The molecule has 0 fully saturated rings. The van der Waals surface area contributed by atoms with Crippen molar-refractivity contribution < 1.29 is 22.7 Å². The Kier molecular flexibility index (Phi) is 6.87. The SMILES string of the molecule is Cc1cc(C)c(C(=O)COC(=O)CCNS(=O)(=O)c2ccccc2)cc1C. The standard InChI is InChI=1S/C20H23NO5S/c1-14-11-16(3)18(12-15(14)2)19(22)13-26-20(23)9-10-21-27(24,25)17-7-5-4-6-8-17/h4-8,11-12,21H,9-10,13H2,1-3H3. The molecule has 0 aliphatic carbocycles. The van der Waals surface area contributed by atoms with Crippen LogP contribution >= 0.6 is 0 Å². The van der Waals surface area contributed by atoms with Crippen molar-refractivity contribution in [2.75, 3.05) is 13.2 Å². The number of ether oxygens (including phenoxy) is 1. The third-order valence-electron chi connectivity index (χ3n) is 4.18. The molecule has 0 radical (unpaired) electrons. The average Bonchev–Trinajstić information content (AvgIpc) is 2.63. The fraction of sp³-hybridized carbons (Fsp3) is 0.300. The van der Waals surface area contributed by atoms with Crippen molar-refractivity contribution in [2.45, 2.75) is 32.1 Å². The van der Waals surface area contributed by atoms with Crippen LogP contribution in [0.2, 0.25) is 0 Å². The highest BCUT2D eigenvalue weighted by Crippen LogP contribution is 2.16. The van der Waals surface area contributed by atoms with Gasteiger partial charge < -0.3 is 4.74 Å². The van der Waals surface area contributed by atoms with Crippen LogP contribution in [0.4, 0.5) is 0 Å². The maximum Gasteiger partial charge on any atom is 0.307 e. The molecule has 0 saturated heterocycles. The van der Waals surface area contributed by atoms with Crippen LogP contribution in [0.25, 0.3) is 0 Å². The second-order valence-electron chi connectivity index (χ2n) is 6.30. The van der Waals surface area contributed by atoms with Gasteiger partial charge in [0, 0.05) is 12.1 Å². The number of carbonyl (C=O) groups is 2. The predicted octanol–water partition coefficient (Wildman–Crippen LogP) is 2.71. The number of hydrogen-bond acceptors (Lipinski definition) is 5. The number of aryl methyl sites for hydroxylation is 3. The van der Waals surface area contributed by atoms with Crippen molar-refractivity contribution in [2.24, 2.45) is 0 Å². The lowest BCUT2D eigenvalue weighted by molar-refractivity contribution is -0.142. The predicted molar refractivity (Wildman–Crippen MR) is 102 cm³/mol. The Labute approximate surface area is 159 Å². The molecule has 7 heteroatoms. The molecular formula is C20H23NO5S. The van der Waals surface area contributed by atoms with E-state index in [1.54, 1.807) is 24.3 Å². The third kappa shape index (κ3) is 5.74. The van der Waals surface area contributed by atoms with Crippen molar-refractivity contribution in [3.8, 4) is 0 Å². The Bertz CT molecular complexity index is 936. The van der Waals surface area contributed by atoms with Gasteiger partial charge >= 0.3 is 5.97 Å². The van der Waals surface area contributed by atoms with E-state index >= 15 is 0 Å². The second-order valence-corrected chi connectivity index (χ2v) is 8.06. The number of sulfonamides is 1. The summed E-state index contributed by atoms with van der Waals surface area (Å²) in [6.07, 6.45) is -0.161. The fourth-order valence-electron chi connectivity index (χ4n) is 2.53. The Balaban J connectivity index is 1.83. The molecule has 144 valence electrons. The fourth-order valence-corrected chi connectivity index (χ4v) is 3.58. The minimum absolute atomic E-state index is 0.104. The van der Waals surface area contributed by atoms with Crippen molar-refractivity contribution >= 4 is 21.8 Å². The van der Waals surface area contributed by atoms with E-state index in [4.69, 9.17) is 4.74 Å². The highest BCUT2D eigenvalue weighted by Gasteiger charge is 2.16. The van der Waals surface area contributed by atoms with E-state index in [1.807, 2.05) is 26.8 Å². The van der Waals surface area contributed by atoms with E-state index in [0.29, 0.717) is 5.56 Å². The first-order valence-electron chi connectivity index (χ1n) is 8.52. The Morgan fingerprint density at radius 2 is 1.59 bits per heavy atom. The van der Waals surface area contributed by atoms with Gasteiger partial charge in [0.05, 0.1) is 11.3 Å². The van der Waals surface area contributed by atoms with Crippen molar-refractivity contribution in [1.29, 1.82) is 0 Å². The van der Waals surface area contributed by atoms with E-state index in [9.17, 15) is 18.0 Å². The molecule has 2 aromatic carbocycles. The van der Waals surface area contributed by atoms with E-state index in [2.05, 4.69) is 4.72 Å². The summed E-state index contributed by atoms with van der Waals surface area (Å²) in [5.74, 6) is -0.922. The number of esters is 1. The molecule has 0 spiro atoms. The van der Waals surface area contributed by atoms with Gasteiger partial charge in [-0.05, 0) is 55.7 Å². The molecule has 0 amide bonds. The molecule has 2 aromatic rings. The first-order valence-corrected chi connectivity index (χ1v) is 10.0. The zero-order valence-electron chi connectivity index (χ0n) is 15.6. The van der Waals surface area contributed by atoms with Gasteiger partial charge in [-0.25, -0.2) is 13.1 Å². The van der Waals surface area contributed by atoms with Crippen LogP contribution in [0.1, 0.15) is 33.5 Å². The summed E-state index contributed by atoms with van der Waals surface area (Å²) in [7, 11) is -3.67. The van der Waals surface area contributed by atoms with Crippen molar-refractivity contribution in [3.05, 3.63) is 64.7 Å². The normalized spacial score (nSPS) is 11.2. The summed E-state index contributed by atoms with van der Waals surface area (Å²) < 4.78 is 31.4. The average molecular weight is 389 g/mol. The van der Waals surface area contributed by atoms with Crippen LogP contribution in [0.15, 0.2) is 47.4 Å². The summed E-state index contributed by atoms with van der Waals surface area (Å²) in [5, 5.41) is 0. The van der Waals surface area contributed by atoms with E-state index in [1.165, 1.54) is 12.1 Å². The van der Waals surface area contributed by atoms with Crippen LogP contribution in [-0.2, 0) is 19.6 Å². The summed E-state index contributed by atoms with van der Waals surface area (Å²) in [4.78, 5) is 24.2. The van der Waals surface area contributed by atoms with Gasteiger partial charge in [0.25, 0.3) is 0 Å². The first kappa shape index (κ1) is 20.8. The van der Waals surface area contributed by atoms with E-state index < -0.39 is 16.0 Å². The largest absolute Gasteiger partial charge is 0.457 e. The monoisotopic (exact) mass is 389 g/mol. The highest BCUT2D eigenvalue weighted by atomic mass is 32.2. The number of carbonyl (C=O) groups excluding carboxylic acids is 2. The van der Waals surface area contributed by atoms with Gasteiger partial charge in [-0.2, -0.15) is 0 Å². The number of rotatable bonds is 8. The quantitative estimate of drug-likeness (QED) is 0.554. The Morgan fingerprint density at radius 3 is 2.26 bits per heavy atom. The Hall–Kier alpha value is -2.51.